The molecule has 1 aliphatic heterocycles. The number of nitrogens with zero attached hydrogens (tertiary/aromatic N) is 4. The number of carbonyl (C=O) groups excluding carboxylic acids is 1. The van der Waals surface area contributed by atoms with Gasteiger partial charge in [0, 0.05) is 13.1 Å². The molecular formula is C16H16N4O4. The number of oxazole rings is 1. The second-order valence-electron chi connectivity index (χ2n) is 5.94. The Balaban J connectivity index is 1.62. The molecule has 0 unspecified atom stereocenters. The Morgan fingerprint density at radius 2 is 2.08 bits per heavy atom. The molecule has 0 radical (unpaired) electrons. The summed E-state index contributed by atoms with van der Waals surface area (Å²) in [4.78, 5) is 30.1. The molecule has 0 atom stereocenters. The Labute approximate surface area is 136 Å². The van der Waals surface area contributed by atoms with Crippen LogP contribution in [-0.2, 0) is 6.54 Å². The highest BCUT2D eigenvalue weighted by Gasteiger charge is 2.25. The summed E-state index contributed by atoms with van der Waals surface area (Å²) in [5.74, 6) is -0.521. The number of hydrogen-bond donors (Lipinski definition) is 0. The standard InChI is InChI=1S/C16H16N4O4/c1-10-4-5-12-11(8-10)20(16(22)23-12)9-13-17-14(24-18-13)15(21)19-6-2-3-7-19/h4-5,8H,2-3,6-7,9H2,1H3. The summed E-state index contributed by atoms with van der Waals surface area (Å²) in [5, 5.41) is 3.82. The number of likely N-dealkylation sites (tertiary alicyclic amines) is 1. The molecule has 124 valence electrons. The molecule has 0 aliphatic carbocycles. The van der Waals surface area contributed by atoms with Crippen molar-refractivity contribution >= 4 is 17.0 Å². The van der Waals surface area contributed by atoms with Gasteiger partial charge >= 0.3 is 17.6 Å². The van der Waals surface area contributed by atoms with Crippen LogP contribution in [0.2, 0.25) is 0 Å². The van der Waals surface area contributed by atoms with Crippen LogP contribution in [0.5, 0.6) is 0 Å². The van der Waals surface area contributed by atoms with Crippen LogP contribution in [0.1, 0.15) is 34.9 Å². The number of fused-ring (bicyclic) bond motifs is 1. The average molecular weight is 328 g/mol. The van der Waals surface area contributed by atoms with Crippen LogP contribution < -0.4 is 5.76 Å². The van der Waals surface area contributed by atoms with Crippen LogP contribution in [0.3, 0.4) is 0 Å². The molecule has 0 N–H and O–H groups in total. The molecule has 1 amide bonds. The van der Waals surface area contributed by atoms with Crippen LogP contribution in [0, 0.1) is 6.92 Å². The Bertz CT molecular complexity index is 962. The van der Waals surface area contributed by atoms with Crippen LogP contribution >= 0.6 is 0 Å². The molecule has 3 heterocycles. The van der Waals surface area contributed by atoms with Crippen LogP contribution in [-0.4, -0.2) is 38.6 Å². The zero-order valence-electron chi connectivity index (χ0n) is 13.2. The molecule has 0 saturated carbocycles. The predicted molar refractivity (Wildman–Crippen MR) is 83.7 cm³/mol. The molecule has 24 heavy (non-hydrogen) atoms. The maximum atomic E-state index is 12.2. The van der Waals surface area contributed by atoms with Crippen molar-refractivity contribution in [2.45, 2.75) is 26.3 Å². The highest BCUT2D eigenvalue weighted by Crippen LogP contribution is 2.16. The van der Waals surface area contributed by atoms with Gasteiger partial charge in [0.15, 0.2) is 11.4 Å². The molecule has 2 aromatic heterocycles. The molecule has 0 bridgehead atoms. The first kappa shape index (κ1) is 14.7. The lowest BCUT2D eigenvalue weighted by molar-refractivity contribution is 0.0743. The zero-order valence-corrected chi connectivity index (χ0v) is 13.2. The minimum absolute atomic E-state index is 0.0380. The third-order valence-corrected chi connectivity index (χ3v) is 4.17. The molecular weight excluding hydrogens is 312 g/mol. The molecule has 1 fully saturated rings. The molecule has 1 saturated heterocycles. The maximum absolute atomic E-state index is 12.2. The summed E-state index contributed by atoms with van der Waals surface area (Å²) in [5.41, 5.74) is 2.18. The first-order chi connectivity index (χ1) is 11.6. The molecule has 3 aromatic rings. The Hall–Kier alpha value is -2.90. The second kappa shape index (κ2) is 5.63. The minimum atomic E-state index is -0.493. The van der Waals surface area contributed by atoms with Gasteiger partial charge in [-0.3, -0.25) is 9.36 Å². The van der Waals surface area contributed by atoms with Crippen molar-refractivity contribution < 1.29 is 13.7 Å². The fourth-order valence-electron chi connectivity index (χ4n) is 2.92. The quantitative estimate of drug-likeness (QED) is 0.724. The van der Waals surface area contributed by atoms with Crippen molar-refractivity contribution in [2.24, 2.45) is 0 Å². The summed E-state index contributed by atoms with van der Waals surface area (Å²) >= 11 is 0. The summed E-state index contributed by atoms with van der Waals surface area (Å²) in [6.45, 7) is 3.44. The van der Waals surface area contributed by atoms with E-state index in [0.717, 1.165) is 18.4 Å². The van der Waals surface area contributed by atoms with Crippen molar-refractivity contribution in [1.29, 1.82) is 0 Å². The molecule has 0 spiro atoms. The summed E-state index contributed by atoms with van der Waals surface area (Å²) in [6, 6.07) is 5.48. The molecule has 8 nitrogen and oxygen atoms in total. The highest BCUT2D eigenvalue weighted by molar-refractivity contribution is 5.89. The van der Waals surface area contributed by atoms with E-state index in [-0.39, 0.29) is 24.2 Å². The third kappa shape index (κ3) is 2.49. The van der Waals surface area contributed by atoms with Crippen LogP contribution in [0.15, 0.2) is 31.9 Å². The van der Waals surface area contributed by atoms with E-state index < -0.39 is 5.76 Å². The van der Waals surface area contributed by atoms with Gasteiger partial charge in [0.1, 0.15) is 0 Å². The predicted octanol–water partition coefficient (Wildman–Crippen LogP) is 1.57. The monoisotopic (exact) mass is 328 g/mol. The lowest BCUT2D eigenvalue weighted by Gasteiger charge is -2.10. The Kier molecular flexibility index (Phi) is 3.44. The number of hydrogen-bond acceptors (Lipinski definition) is 6. The van der Waals surface area contributed by atoms with E-state index in [9.17, 15) is 9.59 Å². The number of aromatic nitrogens is 3. The Morgan fingerprint density at radius 3 is 2.88 bits per heavy atom. The number of aryl methyl sites for hydroxylation is 1. The Morgan fingerprint density at radius 1 is 1.29 bits per heavy atom. The largest absolute Gasteiger partial charge is 0.420 e. The lowest BCUT2D eigenvalue weighted by atomic mass is 10.2. The van der Waals surface area contributed by atoms with Crippen molar-refractivity contribution in [3.05, 3.63) is 46.0 Å². The van der Waals surface area contributed by atoms with Crippen LogP contribution in [0.4, 0.5) is 0 Å². The van der Waals surface area contributed by atoms with E-state index in [1.807, 2.05) is 19.1 Å². The van der Waals surface area contributed by atoms with E-state index in [2.05, 4.69) is 10.1 Å². The summed E-state index contributed by atoms with van der Waals surface area (Å²) in [7, 11) is 0. The number of rotatable bonds is 3. The summed E-state index contributed by atoms with van der Waals surface area (Å²) in [6.07, 6.45) is 1.98. The zero-order chi connectivity index (χ0) is 16.7. The van der Waals surface area contributed by atoms with Crippen molar-refractivity contribution in [1.82, 2.24) is 19.6 Å². The van der Waals surface area contributed by atoms with E-state index in [0.29, 0.717) is 24.2 Å². The van der Waals surface area contributed by atoms with Crippen LogP contribution in [0.25, 0.3) is 11.1 Å². The third-order valence-electron chi connectivity index (χ3n) is 4.17. The van der Waals surface area contributed by atoms with Gasteiger partial charge in [0.25, 0.3) is 0 Å². The smallest absolute Gasteiger partial charge is 0.408 e. The van der Waals surface area contributed by atoms with Gasteiger partial charge in [-0.25, -0.2) is 4.79 Å². The SMILES string of the molecule is Cc1ccc2oc(=O)n(Cc3noc(C(=O)N4CCCC4)n3)c2c1. The van der Waals surface area contributed by atoms with E-state index >= 15 is 0 Å². The number of benzene rings is 1. The van der Waals surface area contributed by atoms with Gasteiger partial charge in [-0.2, -0.15) is 4.98 Å². The number of carbonyl (C=O) groups is 1. The summed E-state index contributed by atoms with van der Waals surface area (Å²) < 4.78 is 11.7. The van der Waals surface area contributed by atoms with Gasteiger partial charge in [-0.15, -0.1) is 0 Å². The lowest BCUT2D eigenvalue weighted by Crippen LogP contribution is -2.27. The number of amides is 1. The first-order valence-corrected chi connectivity index (χ1v) is 7.84. The van der Waals surface area contributed by atoms with Crippen molar-refractivity contribution in [2.75, 3.05) is 13.1 Å². The van der Waals surface area contributed by atoms with Gasteiger partial charge < -0.3 is 13.8 Å². The van der Waals surface area contributed by atoms with E-state index in [1.54, 1.807) is 11.0 Å². The maximum Gasteiger partial charge on any atom is 0.420 e. The normalized spacial score (nSPS) is 14.6. The molecule has 4 rings (SSSR count). The topological polar surface area (TPSA) is 94.4 Å². The first-order valence-electron chi connectivity index (χ1n) is 7.84. The fraction of sp³-hybridized carbons (Fsp3) is 0.375. The van der Waals surface area contributed by atoms with Crippen molar-refractivity contribution in [3.8, 4) is 0 Å². The van der Waals surface area contributed by atoms with E-state index in [4.69, 9.17) is 8.94 Å². The highest BCUT2D eigenvalue weighted by atomic mass is 16.5. The molecule has 8 heteroatoms. The fourth-order valence-corrected chi connectivity index (χ4v) is 2.92. The van der Waals surface area contributed by atoms with Gasteiger partial charge in [-0.1, -0.05) is 11.2 Å². The minimum Gasteiger partial charge on any atom is -0.408 e. The second-order valence-corrected chi connectivity index (χ2v) is 5.94. The average Bonchev–Trinajstić information content (AvgIpc) is 3.29. The van der Waals surface area contributed by atoms with Gasteiger partial charge in [0.05, 0.1) is 12.1 Å². The van der Waals surface area contributed by atoms with Gasteiger partial charge in [0.2, 0.25) is 0 Å². The van der Waals surface area contributed by atoms with Gasteiger partial charge in [-0.05, 0) is 37.5 Å². The molecule has 1 aliphatic rings. The van der Waals surface area contributed by atoms with E-state index in [1.165, 1.54) is 4.57 Å². The van der Waals surface area contributed by atoms with Crippen molar-refractivity contribution in [3.63, 3.8) is 0 Å². The molecule has 1 aromatic carbocycles.